The Kier molecular flexibility index (Phi) is 6.58. The molecule has 3 rings (SSSR count). The molecule has 0 aliphatic carbocycles. The minimum atomic E-state index is -3.50. The van der Waals surface area contributed by atoms with E-state index in [0.29, 0.717) is 22.5 Å². The maximum absolute atomic E-state index is 11.5. The highest BCUT2D eigenvalue weighted by Crippen LogP contribution is 2.22. The summed E-state index contributed by atoms with van der Waals surface area (Å²) in [7, 11) is 2.65. The van der Waals surface area contributed by atoms with Gasteiger partial charge in [0.2, 0.25) is 16.0 Å². The molecule has 0 atom stereocenters. The van der Waals surface area contributed by atoms with Gasteiger partial charge in [-0.15, -0.1) is 6.42 Å². The number of aromatic nitrogens is 3. The van der Waals surface area contributed by atoms with Crippen LogP contribution in [-0.2, 0) is 10.0 Å². The second-order valence-electron chi connectivity index (χ2n) is 7.40. The number of hydrogen-bond donors (Lipinski definition) is 2. The molecule has 0 spiro atoms. The van der Waals surface area contributed by atoms with E-state index >= 15 is 0 Å². The van der Waals surface area contributed by atoms with E-state index in [1.54, 1.807) is 6.20 Å². The molecule has 3 aromatic rings. The maximum Gasteiger partial charge on any atom is 0.230 e. The fraction of sp³-hybridized carbons (Fsp3) is 0.286. The second kappa shape index (κ2) is 9.16. The molecular weight excluding hydrogens is 414 g/mol. The third-order valence-corrected chi connectivity index (χ3v) is 5.04. The minimum absolute atomic E-state index is 0.109. The maximum atomic E-state index is 11.5. The van der Waals surface area contributed by atoms with Crippen molar-refractivity contribution in [3.8, 4) is 12.3 Å². The summed E-state index contributed by atoms with van der Waals surface area (Å²) in [4.78, 5) is 17.3. The molecular formula is C21H25N7O2S. The number of fused-ring (bicyclic) bond motifs is 1. The molecule has 0 saturated heterocycles. The number of anilines is 4. The number of nitrogens with zero attached hydrogens (tertiary/aromatic N) is 5. The van der Waals surface area contributed by atoms with Crippen molar-refractivity contribution in [2.24, 2.45) is 0 Å². The standard InChI is InChI=1S/C21H25N7O2S/c1-6-15-13-19(26-31(5,29)30)24-20-18(15)14-22-21(25-20)23-16-7-9-17(10-8-16)28(4)12-11-27(2)3/h1,7-10,13-14H,11-12H2,2-5H3,(H2,22,23,24,25,26). The van der Waals surface area contributed by atoms with Crippen molar-refractivity contribution in [1.82, 2.24) is 19.9 Å². The Hall–Kier alpha value is -3.42. The number of terminal acetylenes is 1. The fourth-order valence-corrected chi connectivity index (χ4v) is 3.32. The summed E-state index contributed by atoms with van der Waals surface area (Å²) in [5.41, 5.74) is 2.65. The zero-order chi connectivity index (χ0) is 22.6. The number of rotatable bonds is 8. The zero-order valence-corrected chi connectivity index (χ0v) is 18.7. The van der Waals surface area contributed by atoms with Gasteiger partial charge in [-0.05, 0) is 44.4 Å². The van der Waals surface area contributed by atoms with Crippen molar-refractivity contribution in [2.75, 3.05) is 55.4 Å². The number of nitrogens with one attached hydrogen (secondary N) is 2. The van der Waals surface area contributed by atoms with Crippen LogP contribution in [0.5, 0.6) is 0 Å². The molecule has 0 radical (unpaired) electrons. The van der Waals surface area contributed by atoms with Gasteiger partial charge in [0.05, 0.1) is 11.6 Å². The molecule has 2 heterocycles. The highest BCUT2D eigenvalue weighted by Gasteiger charge is 2.11. The van der Waals surface area contributed by atoms with Crippen LogP contribution in [0.1, 0.15) is 5.56 Å². The van der Waals surface area contributed by atoms with Crippen molar-refractivity contribution >= 4 is 44.2 Å². The Morgan fingerprint density at radius 3 is 2.42 bits per heavy atom. The Bertz CT molecular complexity index is 1220. The molecule has 0 bridgehead atoms. The van der Waals surface area contributed by atoms with Crippen LogP contribution < -0.4 is 14.9 Å². The van der Waals surface area contributed by atoms with Crippen LogP contribution in [0.2, 0.25) is 0 Å². The molecule has 31 heavy (non-hydrogen) atoms. The lowest BCUT2D eigenvalue weighted by atomic mass is 10.2. The number of sulfonamides is 1. The van der Waals surface area contributed by atoms with Gasteiger partial charge in [-0.1, -0.05) is 5.92 Å². The first-order chi connectivity index (χ1) is 14.6. The molecule has 1 aromatic carbocycles. The third kappa shape index (κ3) is 6.04. The molecule has 0 saturated carbocycles. The van der Waals surface area contributed by atoms with Gasteiger partial charge in [0.25, 0.3) is 0 Å². The fourth-order valence-electron chi connectivity index (χ4n) is 2.84. The van der Waals surface area contributed by atoms with Crippen LogP contribution >= 0.6 is 0 Å². The van der Waals surface area contributed by atoms with E-state index in [2.05, 4.69) is 47.8 Å². The molecule has 10 heteroatoms. The number of likely N-dealkylation sites (N-methyl/N-ethyl adjacent to an activating group) is 2. The van der Waals surface area contributed by atoms with Crippen LogP contribution in [0, 0.1) is 12.3 Å². The highest BCUT2D eigenvalue weighted by atomic mass is 32.2. The van der Waals surface area contributed by atoms with E-state index in [9.17, 15) is 8.42 Å². The van der Waals surface area contributed by atoms with Gasteiger partial charge in [-0.2, -0.15) is 4.98 Å². The zero-order valence-electron chi connectivity index (χ0n) is 17.9. The first-order valence-electron chi connectivity index (χ1n) is 9.50. The molecule has 2 aromatic heterocycles. The lowest BCUT2D eigenvalue weighted by molar-refractivity contribution is 0.416. The van der Waals surface area contributed by atoms with Crippen LogP contribution in [0.4, 0.5) is 23.1 Å². The Balaban J connectivity index is 1.82. The van der Waals surface area contributed by atoms with E-state index < -0.39 is 10.0 Å². The van der Waals surface area contributed by atoms with E-state index in [4.69, 9.17) is 6.42 Å². The van der Waals surface area contributed by atoms with Crippen LogP contribution in [-0.4, -0.2) is 68.8 Å². The van der Waals surface area contributed by atoms with Crippen LogP contribution in [0.15, 0.2) is 36.5 Å². The largest absolute Gasteiger partial charge is 0.373 e. The van der Waals surface area contributed by atoms with Crippen LogP contribution in [0.3, 0.4) is 0 Å². The van der Waals surface area contributed by atoms with Crippen molar-refractivity contribution < 1.29 is 8.42 Å². The van der Waals surface area contributed by atoms with E-state index in [0.717, 1.165) is 30.7 Å². The summed E-state index contributed by atoms with van der Waals surface area (Å²) in [6, 6.07) is 9.39. The molecule has 0 amide bonds. The van der Waals surface area contributed by atoms with Gasteiger partial charge in [0, 0.05) is 43.3 Å². The summed E-state index contributed by atoms with van der Waals surface area (Å²) in [5.74, 6) is 2.95. The van der Waals surface area contributed by atoms with Gasteiger partial charge in [0.1, 0.15) is 5.82 Å². The summed E-state index contributed by atoms with van der Waals surface area (Å²) in [6.07, 6.45) is 8.17. The van der Waals surface area contributed by atoms with Crippen molar-refractivity contribution in [3.05, 3.63) is 42.1 Å². The monoisotopic (exact) mass is 439 g/mol. The molecule has 162 valence electrons. The average molecular weight is 440 g/mol. The van der Waals surface area contributed by atoms with Gasteiger partial charge in [-0.3, -0.25) is 4.72 Å². The Labute approximate surface area is 182 Å². The molecule has 0 unspecified atom stereocenters. The summed E-state index contributed by atoms with van der Waals surface area (Å²) in [5, 5.41) is 3.70. The molecule has 2 N–H and O–H groups in total. The topological polar surface area (TPSA) is 103 Å². The van der Waals surface area contributed by atoms with Gasteiger partial charge in [0.15, 0.2) is 5.65 Å². The molecule has 0 aliphatic heterocycles. The molecule has 0 aliphatic rings. The van der Waals surface area contributed by atoms with Crippen molar-refractivity contribution in [1.29, 1.82) is 0 Å². The predicted molar refractivity (Wildman–Crippen MR) is 125 cm³/mol. The Morgan fingerprint density at radius 2 is 1.81 bits per heavy atom. The van der Waals surface area contributed by atoms with Gasteiger partial charge < -0.3 is 15.1 Å². The second-order valence-corrected chi connectivity index (χ2v) is 9.15. The molecule has 0 fully saturated rings. The Morgan fingerprint density at radius 1 is 1.10 bits per heavy atom. The predicted octanol–water partition coefficient (Wildman–Crippen LogP) is 2.12. The number of hydrogen-bond acceptors (Lipinski definition) is 8. The summed E-state index contributed by atoms with van der Waals surface area (Å²) < 4.78 is 25.4. The highest BCUT2D eigenvalue weighted by molar-refractivity contribution is 7.92. The smallest absolute Gasteiger partial charge is 0.230 e. The third-order valence-electron chi connectivity index (χ3n) is 4.46. The quantitative estimate of drug-likeness (QED) is 0.515. The first kappa shape index (κ1) is 22.3. The van der Waals surface area contributed by atoms with Gasteiger partial charge >= 0.3 is 0 Å². The SMILES string of the molecule is C#Cc1cc(NS(C)(=O)=O)nc2nc(Nc3ccc(N(C)CCN(C)C)cc3)ncc12. The number of pyridine rings is 1. The van der Waals surface area contributed by atoms with Crippen LogP contribution in [0.25, 0.3) is 11.0 Å². The van der Waals surface area contributed by atoms with Crippen molar-refractivity contribution in [3.63, 3.8) is 0 Å². The van der Waals surface area contributed by atoms with E-state index in [-0.39, 0.29) is 5.82 Å². The first-order valence-corrected chi connectivity index (χ1v) is 11.4. The number of benzene rings is 1. The van der Waals surface area contributed by atoms with Crippen molar-refractivity contribution in [2.45, 2.75) is 0 Å². The van der Waals surface area contributed by atoms with E-state index in [1.807, 2.05) is 38.4 Å². The molecule has 9 nitrogen and oxygen atoms in total. The van der Waals surface area contributed by atoms with Gasteiger partial charge in [-0.25, -0.2) is 18.4 Å². The lowest BCUT2D eigenvalue weighted by Gasteiger charge is -2.21. The lowest BCUT2D eigenvalue weighted by Crippen LogP contribution is -2.28. The minimum Gasteiger partial charge on any atom is -0.373 e. The average Bonchev–Trinajstić information content (AvgIpc) is 2.70. The summed E-state index contributed by atoms with van der Waals surface area (Å²) >= 11 is 0. The van der Waals surface area contributed by atoms with E-state index in [1.165, 1.54) is 6.07 Å². The normalized spacial score (nSPS) is 11.4. The summed E-state index contributed by atoms with van der Waals surface area (Å²) in [6.45, 7) is 1.88.